The van der Waals surface area contributed by atoms with Gasteiger partial charge in [-0.25, -0.2) is 0 Å². The zero-order valence-electron chi connectivity index (χ0n) is 5.66. The summed E-state index contributed by atoms with van der Waals surface area (Å²) in [4.78, 5) is 0. The average Bonchev–Trinajstić information content (AvgIpc) is 2.04. The van der Waals surface area contributed by atoms with Crippen LogP contribution >= 0.6 is 0 Å². The second kappa shape index (κ2) is 3.41. The van der Waals surface area contributed by atoms with Crippen molar-refractivity contribution in [2.45, 2.75) is 5.82 Å². The molecule has 0 saturated carbocycles. The van der Waals surface area contributed by atoms with Gasteiger partial charge in [-0.3, -0.25) is 0 Å². The van der Waals surface area contributed by atoms with Gasteiger partial charge < -0.3 is 0 Å². The Morgan fingerprint density at radius 1 is 1.40 bits per heavy atom. The van der Waals surface area contributed by atoms with Gasteiger partial charge in [-0.15, -0.1) is 0 Å². The van der Waals surface area contributed by atoms with Crippen molar-refractivity contribution < 1.29 is 0 Å². The van der Waals surface area contributed by atoms with Crippen LogP contribution in [0.1, 0.15) is 5.56 Å². The van der Waals surface area contributed by atoms with Gasteiger partial charge in [0.2, 0.25) is 0 Å². The molecular weight excluding hydrogens is 189 g/mol. The third-order valence-electron chi connectivity index (χ3n) is 1.23. The van der Waals surface area contributed by atoms with Gasteiger partial charge in [0.15, 0.2) is 0 Å². The van der Waals surface area contributed by atoms with Crippen LogP contribution in [0.25, 0.3) is 0 Å². The van der Waals surface area contributed by atoms with E-state index in [1.807, 2.05) is 24.3 Å². The molecule has 0 aliphatic carbocycles. The summed E-state index contributed by atoms with van der Waals surface area (Å²) >= 11 is 0.437. The van der Waals surface area contributed by atoms with Crippen LogP contribution in [0.2, 0.25) is 5.82 Å². The molecule has 0 N–H and O–H groups in total. The third-order valence-corrected chi connectivity index (χ3v) is 2.90. The average molecular weight is 196 g/mol. The van der Waals surface area contributed by atoms with Gasteiger partial charge in [-0.1, -0.05) is 0 Å². The maximum atomic E-state index is 8.61. The molecule has 0 unspecified atom stereocenters. The van der Waals surface area contributed by atoms with E-state index in [1.165, 1.54) is 4.46 Å². The first-order valence-electron chi connectivity index (χ1n) is 2.91. The normalized spacial score (nSPS) is 8.80. The zero-order chi connectivity index (χ0) is 7.40. The molecule has 0 amide bonds. The predicted molar refractivity (Wildman–Crippen MR) is 42.4 cm³/mol. The van der Waals surface area contributed by atoms with Gasteiger partial charge in [-0.2, -0.15) is 0 Å². The van der Waals surface area contributed by atoms with Gasteiger partial charge in [-0.05, 0) is 0 Å². The van der Waals surface area contributed by atoms with Crippen LogP contribution in [0.5, 0.6) is 0 Å². The SMILES string of the molecule is C[Se]c1ccccc1C#N. The number of benzene rings is 1. The summed E-state index contributed by atoms with van der Waals surface area (Å²) in [6.45, 7) is 0. The quantitative estimate of drug-likeness (QED) is 0.613. The second-order valence-corrected chi connectivity index (χ2v) is 3.59. The summed E-state index contributed by atoms with van der Waals surface area (Å²) in [5, 5.41) is 8.61. The standard InChI is InChI=1S/C8H7NSe/c1-10-8-5-3-2-4-7(8)6-9/h2-5H,1H3. The second-order valence-electron chi connectivity index (χ2n) is 1.81. The maximum absolute atomic E-state index is 8.61. The Kier molecular flexibility index (Phi) is 2.50. The monoisotopic (exact) mass is 197 g/mol. The van der Waals surface area contributed by atoms with E-state index in [2.05, 4.69) is 11.9 Å². The number of nitrogens with zero attached hydrogens (tertiary/aromatic N) is 1. The predicted octanol–water partition coefficient (Wildman–Crippen LogP) is 0.936. The van der Waals surface area contributed by atoms with Crippen molar-refractivity contribution in [2.75, 3.05) is 0 Å². The van der Waals surface area contributed by atoms with Crippen molar-refractivity contribution >= 4 is 19.4 Å². The van der Waals surface area contributed by atoms with E-state index in [-0.39, 0.29) is 0 Å². The molecule has 0 saturated heterocycles. The van der Waals surface area contributed by atoms with Crippen LogP contribution in [-0.4, -0.2) is 15.0 Å². The van der Waals surface area contributed by atoms with Crippen LogP contribution in [0.15, 0.2) is 24.3 Å². The summed E-state index contributed by atoms with van der Waals surface area (Å²) in [5.41, 5.74) is 0.824. The number of hydrogen-bond donors (Lipinski definition) is 0. The molecule has 0 aliphatic rings. The van der Waals surface area contributed by atoms with E-state index in [9.17, 15) is 0 Å². The van der Waals surface area contributed by atoms with Crippen molar-refractivity contribution in [2.24, 2.45) is 0 Å². The molecule has 0 aliphatic heterocycles. The van der Waals surface area contributed by atoms with Crippen LogP contribution in [0.4, 0.5) is 0 Å². The Labute approximate surface area is 66.8 Å². The Hall–Kier alpha value is -0.771. The Morgan fingerprint density at radius 2 is 2.10 bits per heavy atom. The van der Waals surface area contributed by atoms with Crippen LogP contribution in [0, 0.1) is 11.3 Å². The van der Waals surface area contributed by atoms with Crippen LogP contribution in [0.3, 0.4) is 0 Å². The molecule has 1 aromatic rings. The zero-order valence-corrected chi connectivity index (χ0v) is 7.38. The summed E-state index contributed by atoms with van der Waals surface area (Å²) in [6, 6.07) is 9.91. The van der Waals surface area contributed by atoms with Crippen molar-refractivity contribution in [3.8, 4) is 6.07 Å². The van der Waals surface area contributed by atoms with Gasteiger partial charge in [0.05, 0.1) is 0 Å². The third kappa shape index (κ3) is 1.39. The van der Waals surface area contributed by atoms with Crippen molar-refractivity contribution in [1.82, 2.24) is 0 Å². The molecule has 0 fully saturated rings. The molecular formula is C8H7NSe. The first-order chi connectivity index (χ1) is 4.88. The Morgan fingerprint density at radius 3 is 2.60 bits per heavy atom. The molecule has 0 aromatic heterocycles. The Bertz CT molecular complexity index is 262. The molecule has 0 heterocycles. The molecule has 1 rings (SSSR count). The topological polar surface area (TPSA) is 23.8 Å². The number of hydrogen-bond acceptors (Lipinski definition) is 1. The number of nitriles is 1. The summed E-state index contributed by atoms with van der Waals surface area (Å²) in [6.07, 6.45) is 0. The fraction of sp³-hybridized carbons (Fsp3) is 0.125. The van der Waals surface area contributed by atoms with E-state index in [1.54, 1.807) is 0 Å². The minimum atomic E-state index is 0.437. The first-order valence-corrected chi connectivity index (χ1v) is 5.48. The molecule has 50 valence electrons. The van der Waals surface area contributed by atoms with Crippen molar-refractivity contribution in [3.05, 3.63) is 29.8 Å². The fourth-order valence-corrected chi connectivity index (χ4v) is 1.89. The van der Waals surface area contributed by atoms with E-state index in [0.717, 1.165) is 5.56 Å². The first kappa shape index (κ1) is 7.34. The van der Waals surface area contributed by atoms with Gasteiger partial charge in [0, 0.05) is 0 Å². The molecule has 1 nitrogen and oxygen atoms in total. The molecule has 0 spiro atoms. The van der Waals surface area contributed by atoms with Crippen LogP contribution in [-0.2, 0) is 0 Å². The summed E-state index contributed by atoms with van der Waals surface area (Å²) in [7, 11) is 0. The van der Waals surface area contributed by atoms with Gasteiger partial charge in [0.25, 0.3) is 0 Å². The molecule has 10 heavy (non-hydrogen) atoms. The molecule has 2 heteroatoms. The van der Waals surface area contributed by atoms with Crippen molar-refractivity contribution in [3.63, 3.8) is 0 Å². The minimum absolute atomic E-state index is 0.437. The van der Waals surface area contributed by atoms with Gasteiger partial charge >= 0.3 is 66.4 Å². The molecule has 0 bridgehead atoms. The Balaban J connectivity index is 3.12. The van der Waals surface area contributed by atoms with Crippen molar-refractivity contribution in [1.29, 1.82) is 5.26 Å². The molecule has 0 atom stereocenters. The summed E-state index contributed by atoms with van der Waals surface area (Å²) < 4.78 is 1.19. The molecule has 1 aromatic carbocycles. The van der Waals surface area contributed by atoms with E-state index in [0.29, 0.717) is 15.0 Å². The van der Waals surface area contributed by atoms with E-state index in [4.69, 9.17) is 5.26 Å². The van der Waals surface area contributed by atoms with E-state index >= 15 is 0 Å². The molecule has 0 radical (unpaired) electrons. The van der Waals surface area contributed by atoms with E-state index < -0.39 is 0 Å². The summed E-state index contributed by atoms with van der Waals surface area (Å²) in [5.74, 6) is 2.11. The van der Waals surface area contributed by atoms with Crippen LogP contribution < -0.4 is 4.46 Å². The number of rotatable bonds is 1. The fourth-order valence-electron chi connectivity index (χ4n) is 0.737. The van der Waals surface area contributed by atoms with Gasteiger partial charge in [0.1, 0.15) is 0 Å².